The molecule has 0 radical (unpaired) electrons. The van der Waals surface area contributed by atoms with Gasteiger partial charge in [0.15, 0.2) is 12.3 Å². The third-order valence-corrected chi connectivity index (χ3v) is 4.31. The summed E-state index contributed by atoms with van der Waals surface area (Å²) in [6.07, 6.45) is 4.59. The highest BCUT2D eigenvalue weighted by Gasteiger charge is 2.43. The summed E-state index contributed by atoms with van der Waals surface area (Å²) in [5.74, 6) is -2.10. The predicted molar refractivity (Wildman–Crippen MR) is 79.8 cm³/mol. The molecule has 0 bridgehead atoms. The molecule has 23 heavy (non-hydrogen) atoms. The van der Waals surface area contributed by atoms with Crippen molar-refractivity contribution in [2.24, 2.45) is 0 Å². The number of rotatable bonds is 4. The third-order valence-electron chi connectivity index (χ3n) is 4.31. The second-order valence-corrected chi connectivity index (χ2v) is 5.80. The topological polar surface area (TPSA) is 80.8 Å². The SMILES string of the molecule is O=CC(C(=O)OC1CCCCC1)N1C(=O)c2ccccc2C1=O. The van der Waals surface area contributed by atoms with Gasteiger partial charge in [-0.15, -0.1) is 0 Å². The lowest BCUT2D eigenvalue weighted by Gasteiger charge is -2.25. The van der Waals surface area contributed by atoms with E-state index < -0.39 is 23.8 Å². The summed E-state index contributed by atoms with van der Waals surface area (Å²) < 4.78 is 5.34. The Morgan fingerprint density at radius 2 is 1.65 bits per heavy atom. The quantitative estimate of drug-likeness (QED) is 0.366. The number of esters is 1. The summed E-state index contributed by atoms with van der Waals surface area (Å²) >= 11 is 0. The first-order valence-corrected chi connectivity index (χ1v) is 7.76. The molecule has 0 aromatic heterocycles. The maximum absolute atomic E-state index is 12.3. The van der Waals surface area contributed by atoms with E-state index in [9.17, 15) is 19.2 Å². The van der Waals surface area contributed by atoms with E-state index in [0.29, 0.717) is 11.2 Å². The van der Waals surface area contributed by atoms with Gasteiger partial charge in [-0.1, -0.05) is 18.6 Å². The molecule has 120 valence electrons. The van der Waals surface area contributed by atoms with E-state index in [1.54, 1.807) is 12.1 Å². The molecule has 6 heteroatoms. The molecule has 2 aliphatic rings. The van der Waals surface area contributed by atoms with Crippen LogP contribution in [0.5, 0.6) is 0 Å². The number of nitrogens with zero attached hydrogens (tertiary/aromatic N) is 1. The van der Waals surface area contributed by atoms with Crippen LogP contribution in [0.15, 0.2) is 24.3 Å². The summed E-state index contributed by atoms with van der Waals surface area (Å²) in [5, 5.41) is 0. The van der Waals surface area contributed by atoms with Crippen molar-refractivity contribution in [3.63, 3.8) is 0 Å². The van der Waals surface area contributed by atoms with Gasteiger partial charge in [-0.2, -0.15) is 0 Å². The van der Waals surface area contributed by atoms with Crippen LogP contribution in [0.4, 0.5) is 0 Å². The molecular weight excluding hydrogens is 298 g/mol. The largest absolute Gasteiger partial charge is 0.461 e. The van der Waals surface area contributed by atoms with Crippen molar-refractivity contribution in [3.8, 4) is 0 Å². The van der Waals surface area contributed by atoms with E-state index in [2.05, 4.69) is 0 Å². The Morgan fingerprint density at radius 1 is 1.09 bits per heavy atom. The normalized spacial score (nSPS) is 19.4. The van der Waals surface area contributed by atoms with Crippen LogP contribution in [-0.4, -0.2) is 41.1 Å². The standard InChI is InChI=1S/C17H17NO5/c19-10-14(17(22)23-11-6-2-1-3-7-11)18-15(20)12-8-4-5-9-13(12)16(18)21/h4-5,8-11,14H,1-3,6-7H2. The molecule has 1 heterocycles. The number of ether oxygens (including phenoxy) is 1. The smallest absolute Gasteiger partial charge is 0.337 e. The minimum Gasteiger partial charge on any atom is -0.461 e. The van der Waals surface area contributed by atoms with Crippen molar-refractivity contribution in [2.75, 3.05) is 0 Å². The second-order valence-electron chi connectivity index (χ2n) is 5.80. The molecule has 0 N–H and O–H groups in total. The Morgan fingerprint density at radius 3 is 2.17 bits per heavy atom. The lowest BCUT2D eigenvalue weighted by molar-refractivity contribution is -0.156. The van der Waals surface area contributed by atoms with Gasteiger partial charge in [-0.3, -0.25) is 14.5 Å². The van der Waals surface area contributed by atoms with Crippen molar-refractivity contribution < 1.29 is 23.9 Å². The van der Waals surface area contributed by atoms with Crippen molar-refractivity contribution in [3.05, 3.63) is 35.4 Å². The molecule has 1 aromatic rings. The maximum atomic E-state index is 12.3. The van der Waals surface area contributed by atoms with Crippen molar-refractivity contribution in [1.29, 1.82) is 0 Å². The highest BCUT2D eigenvalue weighted by Crippen LogP contribution is 2.26. The van der Waals surface area contributed by atoms with Gasteiger partial charge in [0.05, 0.1) is 11.1 Å². The minimum absolute atomic E-state index is 0.204. The van der Waals surface area contributed by atoms with E-state index >= 15 is 0 Å². The van der Waals surface area contributed by atoms with E-state index in [4.69, 9.17) is 4.74 Å². The van der Waals surface area contributed by atoms with Crippen LogP contribution >= 0.6 is 0 Å². The van der Waals surface area contributed by atoms with Crippen molar-refractivity contribution in [1.82, 2.24) is 4.90 Å². The molecule has 2 amide bonds. The summed E-state index contributed by atoms with van der Waals surface area (Å²) in [6.45, 7) is 0. The molecule has 1 saturated carbocycles. The number of amides is 2. The molecule has 1 unspecified atom stereocenters. The van der Waals surface area contributed by atoms with Crippen molar-refractivity contribution >= 4 is 24.1 Å². The molecule has 3 rings (SSSR count). The van der Waals surface area contributed by atoms with E-state index in [1.165, 1.54) is 12.1 Å². The number of carbonyl (C=O) groups excluding carboxylic acids is 4. The summed E-state index contributed by atoms with van der Waals surface area (Å²) in [5.41, 5.74) is 0.407. The van der Waals surface area contributed by atoms with Crippen LogP contribution in [0.2, 0.25) is 0 Å². The Balaban J connectivity index is 1.78. The maximum Gasteiger partial charge on any atom is 0.337 e. The zero-order chi connectivity index (χ0) is 16.4. The van der Waals surface area contributed by atoms with Crippen LogP contribution in [0.25, 0.3) is 0 Å². The van der Waals surface area contributed by atoms with Gasteiger partial charge in [-0.05, 0) is 37.8 Å². The highest BCUT2D eigenvalue weighted by atomic mass is 16.5. The fraction of sp³-hybridized carbons (Fsp3) is 0.412. The third kappa shape index (κ3) is 2.76. The molecule has 1 aromatic carbocycles. The number of imide groups is 1. The molecule has 1 aliphatic heterocycles. The monoisotopic (exact) mass is 315 g/mol. The predicted octanol–water partition coefficient (Wildman–Crippen LogP) is 1.73. The van der Waals surface area contributed by atoms with E-state index in [1.807, 2.05) is 0 Å². The summed E-state index contributed by atoms with van der Waals surface area (Å²) in [4.78, 5) is 49.0. The Kier molecular flexibility index (Phi) is 4.23. The molecule has 1 aliphatic carbocycles. The fourth-order valence-corrected chi connectivity index (χ4v) is 3.10. The van der Waals surface area contributed by atoms with Crippen LogP contribution in [0.3, 0.4) is 0 Å². The fourth-order valence-electron chi connectivity index (χ4n) is 3.10. The Hall–Kier alpha value is -2.50. The Labute approximate surface area is 133 Å². The number of carbonyl (C=O) groups is 4. The van der Waals surface area contributed by atoms with Crippen LogP contribution in [-0.2, 0) is 14.3 Å². The van der Waals surface area contributed by atoms with Gasteiger partial charge in [0.2, 0.25) is 0 Å². The average molecular weight is 315 g/mol. The highest BCUT2D eigenvalue weighted by molar-refractivity contribution is 6.24. The Bertz CT molecular complexity index is 628. The first-order chi connectivity index (χ1) is 11.1. The van der Waals surface area contributed by atoms with E-state index in [-0.39, 0.29) is 17.2 Å². The van der Waals surface area contributed by atoms with Crippen LogP contribution < -0.4 is 0 Å². The van der Waals surface area contributed by atoms with Gasteiger partial charge in [0, 0.05) is 0 Å². The van der Waals surface area contributed by atoms with Crippen LogP contribution in [0.1, 0.15) is 52.8 Å². The number of benzene rings is 1. The lowest BCUT2D eigenvalue weighted by atomic mass is 9.98. The average Bonchev–Trinajstić information content (AvgIpc) is 2.82. The number of fused-ring (bicyclic) bond motifs is 1. The molecule has 0 spiro atoms. The minimum atomic E-state index is -1.52. The van der Waals surface area contributed by atoms with E-state index in [0.717, 1.165) is 32.1 Å². The van der Waals surface area contributed by atoms with Gasteiger partial charge >= 0.3 is 5.97 Å². The van der Waals surface area contributed by atoms with Gasteiger partial charge in [-0.25, -0.2) is 4.79 Å². The molecule has 0 saturated heterocycles. The molecule has 6 nitrogen and oxygen atoms in total. The second kappa shape index (κ2) is 6.32. The van der Waals surface area contributed by atoms with Gasteiger partial charge in [0.1, 0.15) is 6.10 Å². The molecule has 1 fully saturated rings. The number of aldehydes is 1. The summed E-state index contributed by atoms with van der Waals surface area (Å²) in [7, 11) is 0. The molecular formula is C17H17NO5. The zero-order valence-electron chi connectivity index (χ0n) is 12.6. The van der Waals surface area contributed by atoms with Gasteiger partial charge in [0.25, 0.3) is 11.8 Å². The zero-order valence-corrected chi connectivity index (χ0v) is 12.6. The summed E-state index contributed by atoms with van der Waals surface area (Å²) in [6, 6.07) is 4.74. The lowest BCUT2D eigenvalue weighted by Crippen LogP contribution is -2.47. The number of hydrogen-bond acceptors (Lipinski definition) is 5. The van der Waals surface area contributed by atoms with Gasteiger partial charge < -0.3 is 9.53 Å². The first kappa shape index (κ1) is 15.4. The van der Waals surface area contributed by atoms with Crippen LogP contribution in [0, 0.1) is 0 Å². The first-order valence-electron chi connectivity index (χ1n) is 7.76. The number of hydrogen-bond donors (Lipinski definition) is 0. The molecule has 1 atom stereocenters. The van der Waals surface area contributed by atoms with Crippen molar-refractivity contribution in [2.45, 2.75) is 44.2 Å².